The Labute approximate surface area is 255 Å². The molecule has 0 aromatic heterocycles. The lowest BCUT2D eigenvalue weighted by Crippen LogP contribution is -2.58. The average molecular weight is 566 g/mol. The molecule has 40 heavy (non-hydrogen) atoms. The van der Waals surface area contributed by atoms with Crippen molar-refractivity contribution in [3.63, 3.8) is 0 Å². The molecule has 0 spiro atoms. The Morgan fingerprint density at radius 3 is 1.23 bits per heavy atom. The van der Waals surface area contributed by atoms with E-state index in [1.54, 1.807) is 0 Å². The van der Waals surface area contributed by atoms with E-state index in [4.69, 9.17) is 0 Å². The Morgan fingerprint density at radius 1 is 0.475 bits per heavy atom. The number of quaternary nitrogens is 2. The van der Waals surface area contributed by atoms with Gasteiger partial charge in [-0.25, -0.2) is 0 Å². The normalized spacial score (nSPS) is 16.1. The summed E-state index contributed by atoms with van der Waals surface area (Å²) in [6.07, 6.45) is 34.9. The van der Waals surface area contributed by atoms with Gasteiger partial charge < -0.3 is 8.97 Å². The van der Waals surface area contributed by atoms with Gasteiger partial charge in [0.1, 0.15) is 0 Å². The first-order valence-electron chi connectivity index (χ1n) is 18.8. The molecule has 0 radical (unpaired) electrons. The first-order chi connectivity index (χ1) is 19.4. The standard InChI is InChI=1S/C37H79N3/c1-6-8-10-12-14-16-18-20-22-24-26-28-33-39(3,4)35-30-38-31-36-40(5,37-32-38)34-29-27-25-23-21-19-17-15-13-11-9-7-2/h6-37H2,1-5H3/q+2. The predicted molar refractivity (Wildman–Crippen MR) is 181 cm³/mol. The van der Waals surface area contributed by atoms with Crippen LogP contribution in [0.5, 0.6) is 0 Å². The van der Waals surface area contributed by atoms with Gasteiger partial charge >= 0.3 is 0 Å². The van der Waals surface area contributed by atoms with Crippen molar-refractivity contribution in [3.05, 3.63) is 0 Å². The van der Waals surface area contributed by atoms with E-state index in [1.807, 2.05) is 0 Å². The maximum Gasteiger partial charge on any atom is 0.0914 e. The van der Waals surface area contributed by atoms with Crippen LogP contribution in [-0.4, -0.2) is 87.4 Å². The molecule has 0 unspecified atom stereocenters. The summed E-state index contributed by atoms with van der Waals surface area (Å²) in [4.78, 5) is 2.77. The minimum atomic E-state index is 1.21. The van der Waals surface area contributed by atoms with Gasteiger partial charge in [-0.05, 0) is 25.7 Å². The number of unbranched alkanes of at least 4 members (excludes halogenated alkanes) is 22. The second kappa shape index (κ2) is 25.4. The lowest BCUT2D eigenvalue weighted by Gasteiger charge is -2.43. The zero-order valence-corrected chi connectivity index (χ0v) is 29.0. The summed E-state index contributed by atoms with van der Waals surface area (Å²) in [5.74, 6) is 0. The van der Waals surface area contributed by atoms with Crippen LogP contribution in [0.15, 0.2) is 0 Å². The highest BCUT2D eigenvalue weighted by atomic mass is 15.4. The van der Waals surface area contributed by atoms with Gasteiger partial charge in [-0.1, -0.05) is 142 Å². The van der Waals surface area contributed by atoms with Crippen molar-refractivity contribution in [2.75, 3.05) is 73.5 Å². The zero-order valence-electron chi connectivity index (χ0n) is 29.0. The highest BCUT2D eigenvalue weighted by Crippen LogP contribution is 2.16. The second-order valence-corrected chi connectivity index (χ2v) is 14.8. The molecule has 3 heteroatoms. The predicted octanol–water partition coefficient (Wildman–Crippen LogP) is 10.2. The van der Waals surface area contributed by atoms with E-state index >= 15 is 0 Å². The van der Waals surface area contributed by atoms with Gasteiger partial charge in [0, 0.05) is 19.6 Å². The molecule has 1 fully saturated rings. The Morgan fingerprint density at radius 2 is 0.825 bits per heavy atom. The molecule has 1 aliphatic heterocycles. The molecule has 240 valence electrons. The number of piperazine rings is 1. The van der Waals surface area contributed by atoms with Gasteiger partial charge in [0.2, 0.25) is 0 Å². The van der Waals surface area contributed by atoms with Crippen molar-refractivity contribution in [1.82, 2.24) is 4.90 Å². The fourth-order valence-electron chi connectivity index (χ4n) is 6.68. The van der Waals surface area contributed by atoms with Crippen molar-refractivity contribution in [3.8, 4) is 0 Å². The maximum atomic E-state index is 2.77. The van der Waals surface area contributed by atoms with Crippen LogP contribution >= 0.6 is 0 Å². The summed E-state index contributed by atoms with van der Waals surface area (Å²) in [5.41, 5.74) is 0. The fourth-order valence-corrected chi connectivity index (χ4v) is 6.68. The summed E-state index contributed by atoms with van der Waals surface area (Å²) < 4.78 is 2.53. The SMILES string of the molecule is CCCCCCCCCCCCCC[N+](C)(C)CCN1CC[N+](C)(CCCCCCCCCCCCCC)CC1. The molecule has 1 heterocycles. The summed E-state index contributed by atoms with van der Waals surface area (Å²) in [6.45, 7) is 15.4. The van der Waals surface area contributed by atoms with Crippen molar-refractivity contribution in [2.45, 2.75) is 168 Å². The van der Waals surface area contributed by atoms with E-state index in [1.165, 1.54) is 215 Å². The van der Waals surface area contributed by atoms with E-state index in [9.17, 15) is 0 Å². The third-order valence-electron chi connectivity index (χ3n) is 10.1. The van der Waals surface area contributed by atoms with Crippen molar-refractivity contribution < 1.29 is 8.97 Å². The van der Waals surface area contributed by atoms with Gasteiger partial charge in [-0.2, -0.15) is 0 Å². The van der Waals surface area contributed by atoms with Crippen molar-refractivity contribution in [1.29, 1.82) is 0 Å². The summed E-state index contributed by atoms with van der Waals surface area (Å²) in [7, 11) is 7.47. The van der Waals surface area contributed by atoms with Gasteiger partial charge in [0.05, 0.1) is 53.9 Å². The molecule has 1 rings (SSSR count). The van der Waals surface area contributed by atoms with Crippen LogP contribution in [0.2, 0.25) is 0 Å². The van der Waals surface area contributed by atoms with Gasteiger partial charge in [0.15, 0.2) is 0 Å². The van der Waals surface area contributed by atoms with Crippen LogP contribution in [0, 0.1) is 0 Å². The fraction of sp³-hybridized carbons (Fsp3) is 1.00. The highest BCUT2D eigenvalue weighted by molar-refractivity contribution is 4.64. The monoisotopic (exact) mass is 566 g/mol. The first kappa shape index (κ1) is 37.9. The molecule has 0 saturated carbocycles. The third-order valence-corrected chi connectivity index (χ3v) is 10.1. The lowest BCUT2D eigenvalue weighted by atomic mass is 10.0. The first-order valence-corrected chi connectivity index (χ1v) is 18.8. The van der Waals surface area contributed by atoms with Crippen molar-refractivity contribution >= 4 is 0 Å². The molecule has 3 nitrogen and oxygen atoms in total. The van der Waals surface area contributed by atoms with Crippen LogP contribution in [0.25, 0.3) is 0 Å². The van der Waals surface area contributed by atoms with E-state index < -0.39 is 0 Å². The van der Waals surface area contributed by atoms with E-state index in [0.717, 1.165) is 0 Å². The number of rotatable bonds is 29. The molecule has 0 atom stereocenters. The molecule has 0 aliphatic carbocycles. The third kappa shape index (κ3) is 22.5. The Kier molecular flexibility index (Phi) is 24.1. The van der Waals surface area contributed by atoms with Crippen LogP contribution < -0.4 is 0 Å². The van der Waals surface area contributed by atoms with Crippen LogP contribution in [0.3, 0.4) is 0 Å². The summed E-state index contributed by atoms with van der Waals surface area (Å²) >= 11 is 0. The van der Waals surface area contributed by atoms with E-state index in [2.05, 4.69) is 39.9 Å². The Balaban J connectivity index is 1.95. The second-order valence-electron chi connectivity index (χ2n) is 14.8. The largest absolute Gasteiger partial charge is 0.327 e. The molecule has 1 aliphatic rings. The van der Waals surface area contributed by atoms with E-state index in [0.29, 0.717) is 0 Å². The van der Waals surface area contributed by atoms with Crippen LogP contribution in [-0.2, 0) is 0 Å². The molecular formula is C37H79N3+2. The molecule has 0 aromatic rings. The zero-order chi connectivity index (χ0) is 29.2. The summed E-state index contributed by atoms with van der Waals surface area (Å²) in [6, 6.07) is 0. The molecule has 1 saturated heterocycles. The van der Waals surface area contributed by atoms with E-state index in [-0.39, 0.29) is 0 Å². The maximum absolute atomic E-state index is 2.77. The van der Waals surface area contributed by atoms with Gasteiger partial charge in [-0.15, -0.1) is 0 Å². The highest BCUT2D eigenvalue weighted by Gasteiger charge is 2.29. The number of nitrogens with zero attached hydrogens (tertiary/aromatic N) is 3. The minimum Gasteiger partial charge on any atom is -0.327 e. The number of likely N-dealkylation sites (N-methyl/N-ethyl adjacent to an activating group) is 2. The van der Waals surface area contributed by atoms with Crippen molar-refractivity contribution in [2.24, 2.45) is 0 Å². The van der Waals surface area contributed by atoms with Crippen LogP contribution in [0.1, 0.15) is 168 Å². The average Bonchev–Trinajstić information content (AvgIpc) is 2.94. The van der Waals surface area contributed by atoms with Crippen LogP contribution in [0.4, 0.5) is 0 Å². The smallest absolute Gasteiger partial charge is 0.0914 e. The Bertz CT molecular complexity index is 524. The topological polar surface area (TPSA) is 3.24 Å². The van der Waals surface area contributed by atoms with Gasteiger partial charge in [0.25, 0.3) is 0 Å². The van der Waals surface area contributed by atoms with Gasteiger partial charge in [-0.3, -0.25) is 4.90 Å². The minimum absolute atomic E-state index is 1.21. The molecular weight excluding hydrogens is 486 g/mol. The molecule has 0 N–H and O–H groups in total. The number of hydrogen-bond donors (Lipinski definition) is 0. The Hall–Kier alpha value is -0.120. The summed E-state index contributed by atoms with van der Waals surface area (Å²) in [5, 5.41) is 0. The molecule has 0 aromatic carbocycles. The quantitative estimate of drug-likeness (QED) is 0.0644. The molecule has 0 bridgehead atoms. The number of hydrogen-bond acceptors (Lipinski definition) is 1. The molecule has 0 amide bonds. The lowest BCUT2D eigenvalue weighted by molar-refractivity contribution is -0.914.